The molecule has 0 amide bonds. The van der Waals surface area contributed by atoms with E-state index in [2.05, 4.69) is 17.1 Å². The molecule has 2 saturated heterocycles. The number of hydrogen-bond donors (Lipinski definition) is 1. The first-order chi connectivity index (χ1) is 7.29. The van der Waals surface area contributed by atoms with E-state index < -0.39 is 0 Å². The average Bonchev–Trinajstić information content (AvgIpc) is 2.73. The lowest BCUT2D eigenvalue weighted by molar-refractivity contribution is -0.00687. The summed E-state index contributed by atoms with van der Waals surface area (Å²) in [6.07, 6.45) is 4.43. The Morgan fingerprint density at radius 3 is 2.93 bits per heavy atom. The molecule has 3 nitrogen and oxygen atoms in total. The summed E-state index contributed by atoms with van der Waals surface area (Å²) in [6.45, 7) is 7.10. The van der Waals surface area contributed by atoms with Crippen LogP contribution in [0.5, 0.6) is 0 Å². The number of nitrogens with zero attached hydrogens (tertiary/aromatic N) is 1. The van der Waals surface area contributed by atoms with Crippen molar-refractivity contribution in [1.29, 1.82) is 0 Å². The van der Waals surface area contributed by atoms with Crippen LogP contribution in [0.15, 0.2) is 0 Å². The predicted octanol–water partition coefficient (Wildman–Crippen LogP) is 1.10. The van der Waals surface area contributed by atoms with Gasteiger partial charge in [0.2, 0.25) is 0 Å². The first-order valence-corrected chi connectivity index (χ1v) is 6.28. The van der Waals surface area contributed by atoms with E-state index in [0.29, 0.717) is 6.10 Å². The molecule has 15 heavy (non-hydrogen) atoms. The van der Waals surface area contributed by atoms with Gasteiger partial charge >= 0.3 is 0 Å². The van der Waals surface area contributed by atoms with E-state index in [4.69, 9.17) is 4.74 Å². The van der Waals surface area contributed by atoms with Gasteiger partial charge in [-0.05, 0) is 38.3 Å². The quantitative estimate of drug-likeness (QED) is 0.758. The van der Waals surface area contributed by atoms with Crippen LogP contribution in [0.4, 0.5) is 0 Å². The zero-order valence-electron chi connectivity index (χ0n) is 10.0. The van der Waals surface area contributed by atoms with E-state index in [-0.39, 0.29) is 0 Å². The second-order valence-electron chi connectivity index (χ2n) is 5.09. The molecule has 0 saturated carbocycles. The van der Waals surface area contributed by atoms with Gasteiger partial charge < -0.3 is 10.1 Å². The highest BCUT2D eigenvalue weighted by Crippen LogP contribution is 2.20. The number of hydrogen-bond acceptors (Lipinski definition) is 3. The van der Waals surface area contributed by atoms with E-state index in [1.165, 1.54) is 38.9 Å². The van der Waals surface area contributed by atoms with Crippen molar-refractivity contribution in [2.24, 2.45) is 5.92 Å². The van der Waals surface area contributed by atoms with E-state index in [9.17, 15) is 0 Å². The molecular weight excluding hydrogens is 188 g/mol. The lowest BCUT2D eigenvalue weighted by Gasteiger charge is -2.37. The normalized spacial score (nSPS) is 38.4. The third-order valence-electron chi connectivity index (χ3n) is 3.92. The molecule has 2 fully saturated rings. The standard InChI is InChI=1S/C12H24N2O/c1-10-5-7-14(9-12(10)15-2)8-11-4-3-6-13-11/h10-13H,3-9H2,1-2H3/t10?,11-,12?/m1/s1. The maximum Gasteiger partial charge on any atom is 0.0724 e. The molecule has 0 aromatic heterocycles. The molecule has 2 rings (SSSR count). The molecule has 0 aliphatic carbocycles. The predicted molar refractivity (Wildman–Crippen MR) is 62.0 cm³/mol. The molecule has 0 aromatic rings. The smallest absolute Gasteiger partial charge is 0.0724 e. The highest BCUT2D eigenvalue weighted by Gasteiger charge is 2.27. The second kappa shape index (κ2) is 5.28. The Labute approximate surface area is 93.2 Å². The average molecular weight is 212 g/mol. The first-order valence-electron chi connectivity index (χ1n) is 6.28. The molecule has 2 unspecified atom stereocenters. The number of methoxy groups -OCH3 is 1. The summed E-state index contributed by atoms with van der Waals surface area (Å²) in [5, 5.41) is 3.57. The Hall–Kier alpha value is -0.120. The van der Waals surface area contributed by atoms with Crippen LogP contribution in [-0.2, 0) is 4.74 Å². The number of rotatable bonds is 3. The number of ether oxygens (including phenoxy) is 1. The largest absolute Gasteiger partial charge is 0.380 e. The highest BCUT2D eigenvalue weighted by molar-refractivity contribution is 4.83. The lowest BCUT2D eigenvalue weighted by atomic mass is 9.95. The molecule has 88 valence electrons. The molecule has 0 radical (unpaired) electrons. The summed E-state index contributed by atoms with van der Waals surface area (Å²) >= 11 is 0. The highest BCUT2D eigenvalue weighted by atomic mass is 16.5. The monoisotopic (exact) mass is 212 g/mol. The Kier molecular flexibility index (Phi) is 4.00. The fourth-order valence-corrected chi connectivity index (χ4v) is 2.79. The van der Waals surface area contributed by atoms with E-state index in [1.807, 2.05) is 7.11 Å². The molecule has 0 spiro atoms. The van der Waals surface area contributed by atoms with Crippen LogP contribution in [0, 0.1) is 5.92 Å². The van der Waals surface area contributed by atoms with Gasteiger partial charge in [-0.25, -0.2) is 0 Å². The van der Waals surface area contributed by atoms with Gasteiger partial charge in [-0.1, -0.05) is 6.92 Å². The zero-order valence-corrected chi connectivity index (χ0v) is 10.0. The fourth-order valence-electron chi connectivity index (χ4n) is 2.79. The van der Waals surface area contributed by atoms with Crippen LogP contribution in [0.1, 0.15) is 26.2 Å². The SMILES string of the molecule is COC1CN(C[C@H]2CCCN2)CCC1C. The molecular formula is C12H24N2O. The summed E-state index contributed by atoms with van der Waals surface area (Å²) < 4.78 is 5.54. The molecule has 2 aliphatic heterocycles. The van der Waals surface area contributed by atoms with Gasteiger partial charge in [0.1, 0.15) is 0 Å². The minimum Gasteiger partial charge on any atom is -0.380 e. The van der Waals surface area contributed by atoms with E-state index >= 15 is 0 Å². The maximum absolute atomic E-state index is 5.54. The van der Waals surface area contributed by atoms with E-state index in [0.717, 1.165) is 18.5 Å². The lowest BCUT2D eigenvalue weighted by Crippen LogP contribution is -2.48. The number of likely N-dealkylation sites (tertiary alicyclic amines) is 1. The topological polar surface area (TPSA) is 24.5 Å². The fraction of sp³-hybridized carbons (Fsp3) is 1.00. The summed E-state index contributed by atoms with van der Waals surface area (Å²) in [4.78, 5) is 2.57. The third-order valence-corrected chi connectivity index (χ3v) is 3.92. The van der Waals surface area contributed by atoms with Gasteiger partial charge in [-0.2, -0.15) is 0 Å². The number of nitrogens with one attached hydrogen (secondary N) is 1. The van der Waals surface area contributed by atoms with Gasteiger partial charge in [0.05, 0.1) is 6.10 Å². The zero-order chi connectivity index (χ0) is 10.7. The Morgan fingerprint density at radius 2 is 2.27 bits per heavy atom. The van der Waals surface area contributed by atoms with Crippen molar-refractivity contribution in [3.63, 3.8) is 0 Å². The second-order valence-corrected chi connectivity index (χ2v) is 5.09. The van der Waals surface area contributed by atoms with Gasteiger partial charge in [0, 0.05) is 26.2 Å². The van der Waals surface area contributed by atoms with Crippen LogP contribution in [-0.4, -0.2) is 50.3 Å². The Balaban J connectivity index is 1.78. The molecule has 2 aliphatic rings. The first kappa shape index (κ1) is 11.4. The van der Waals surface area contributed by atoms with Crippen molar-refractivity contribution in [3.8, 4) is 0 Å². The van der Waals surface area contributed by atoms with Crippen molar-refractivity contribution < 1.29 is 4.74 Å². The third kappa shape index (κ3) is 2.92. The van der Waals surface area contributed by atoms with Crippen molar-refractivity contribution in [2.45, 2.75) is 38.3 Å². The maximum atomic E-state index is 5.54. The van der Waals surface area contributed by atoms with Crippen molar-refractivity contribution >= 4 is 0 Å². The number of piperidine rings is 1. The van der Waals surface area contributed by atoms with E-state index in [1.54, 1.807) is 0 Å². The van der Waals surface area contributed by atoms with Crippen LogP contribution >= 0.6 is 0 Å². The molecule has 2 heterocycles. The molecule has 3 atom stereocenters. The minimum absolute atomic E-state index is 0.445. The molecule has 0 aromatic carbocycles. The summed E-state index contributed by atoms with van der Waals surface area (Å²) in [5.74, 6) is 0.725. The Bertz CT molecular complexity index is 190. The van der Waals surface area contributed by atoms with Gasteiger partial charge in [-0.3, -0.25) is 4.90 Å². The molecule has 1 N–H and O–H groups in total. The van der Waals surface area contributed by atoms with Crippen LogP contribution in [0.2, 0.25) is 0 Å². The minimum atomic E-state index is 0.445. The summed E-state index contributed by atoms with van der Waals surface area (Å²) in [5.41, 5.74) is 0. The summed E-state index contributed by atoms with van der Waals surface area (Å²) in [6, 6.07) is 0.732. The van der Waals surface area contributed by atoms with Crippen LogP contribution in [0.25, 0.3) is 0 Å². The van der Waals surface area contributed by atoms with Gasteiger partial charge in [0.25, 0.3) is 0 Å². The van der Waals surface area contributed by atoms with Gasteiger partial charge in [-0.15, -0.1) is 0 Å². The van der Waals surface area contributed by atoms with Crippen molar-refractivity contribution in [1.82, 2.24) is 10.2 Å². The van der Waals surface area contributed by atoms with Gasteiger partial charge in [0.15, 0.2) is 0 Å². The van der Waals surface area contributed by atoms with Crippen molar-refractivity contribution in [2.75, 3.05) is 33.3 Å². The summed E-state index contributed by atoms with van der Waals surface area (Å²) in [7, 11) is 1.85. The Morgan fingerprint density at radius 1 is 1.40 bits per heavy atom. The molecule has 0 bridgehead atoms. The molecule has 3 heteroatoms. The van der Waals surface area contributed by atoms with Crippen LogP contribution in [0.3, 0.4) is 0 Å². The van der Waals surface area contributed by atoms with Crippen molar-refractivity contribution in [3.05, 3.63) is 0 Å². The van der Waals surface area contributed by atoms with Crippen LogP contribution < -0.4 is 5.32 Å².